The number of aliphatic hydroxyl groups is 2. The fraction of sp³-hybridized carbons (Fsp3) is 0.649. The van der Waals surface area contributed by atoms with Gasteiger partial charge in [-0.1, -0.05) is 127 Å². The molecule has 0 saturated carbocycles. The van der Waals surface area contributed by atoms with Gasteiger partial charge >= 0.3 is 5.97 Å². The molecule has 5 nitrogen and oxygen atoms in total. The zero-order chi connectivity index (χ0) is 34.1. The third-order valence-electron chi connectivity index (χ3n) is 8.29. The van der Waals surface area contributed by atoms with E-state index in [4.69, 9.17) is 5.48 Å². The van der Waals surface area contributed by atoms with Gasteiger partial charge in [0, 0.05) is 0 Å². The Morgan fingerprint density at radius 1 is 0.667 bits per heavy atom. The molecule has 1 unspecified atom stereocenters. The molecule has 2 aromatic rings. The molecular formula is C37H59NO4. The van der Waals surface area contributed by atoms with E-state index in [2.05, 4.69) is 19.2 Å². The number of rotatable bonds is 25. The van der Waals surface area contributed by atoms with E-state index in [1.165, 1.54) is 75.3 Å². The Hall–Kier alpha value is -2.21. The van der Waals surface area contributed by atoms with Gasteiger partial charge in [0.1, 0.15) is 6.04 Å². The summed E-state index contributed by atoms with van der Waals surface area (Å²) in [5.74, 6) is -1.31. The first kappa shape index (κ1) is 29.8. The Morgan fingerprint density at radius 2 is 1.05 bits per heavy atom. The number of carboxylic acid groups (broad SMARTS) is 1. The molecule has 0 saturated heterocycles. The molecule has 2 aromatic carbocycles. The molecular weight excluding hydrogens is 522 g/mol. The average molecular weight is 586 g/mol. The summed E-state index contributed by atoms with van der Waals surface area (Å²) in [7, 11) is 0. The maximum Gasteiger partial charge on any atom is 0.320 e. The summed E-state index contributed by atoms with van der Waals surface area (Å²) in [4.78, 5) is 12.3. The van der Waals surface area contributed by atoms with Crippen LogP contribution in [0.5, 0.6) is 0 Å². The number of benzene rings is 2. The van der Waals surface area contributed by atoms with Crippen LogP contribution in [0.1, 0.15) is 131 Å². The van der Waals surface area contributed by atoms with Crippen molar-refractivity contribution < 1.29 is 25.6 Å². The number of carboxylic acids is 1. The molecule has 236 valence electrons. The van der Waals surface area contributed by atoms with Crippen LogP contribution in [-0.2, 0) is 30.5 Å². The molecule has 4 N–H and O–H groups in total. The van der Waals surface area contributed by atoms with Crippen LogP contribution in [0.15, 0.2) is 48.5 Å². The summed E-state index contributed by atoms with van der Waals surface area (Å²) in [5.41, 5.74) is 1.49. The van der Waals surface area contributed by atoms with Crippen LogP contribution in [0, 0.1) is 0 Å². The second-order valence-electron chi connectivity index (χ2n) is 11.9. The predicted octanol–water partition coefficient (Wildman–Crippen LogP) is 7.82. The molecule has 1 atom stereocenters. The molecule has 42 heavy (non-hydrogen) atoms. The standard InChI is InChI=1S/C37H59NO4/c1-3-5-7-9-11-13-15-31-17-21-33(22-18-31)25-26-35(36(41)42)38-37(29-39,30-40)28-27-34-23-19-32(20-24-34)16-14-12-10-8-6-4-2/h17-24,35,38-40H,3-16,25-30H2,1-2H3,(H,41,42)/i29D2,30D2. The van der Waals surface area contributed by atoms with Crippen LogP contribution in [-0.4, -0.2) is 46.0 Å². The van der Waals surface area contributed by atoms with Crippen molar-refractivity contribution in [2.45, 2.75) is 141 Å². The highest BCUT2D eigenvalue weighted by atomic mass is 16.4. The summed E-state index contributed by atoms with van der Waals surface area (Å²) in [6.45, 7) is -2.13. The van der Waals surface area contributed by atoms with Crippen LogP contribution >= 0.6 is 0 Å². The summed E-state index contributed by atoms with van der Waals surface area (Å²) >= 11 is 0. The Morgan fingerprint density at radius 3 is 1.45 bits per heavy atom. The van der Waals surface area contributed by atoms with E-state index in [0.29, 0.717) is 6.42 Å². The predicted molar refractivity (Wildman–Crippen MR) is 175 cm³/mol. The maximum atomic E-state index is 12.3. The molecule has 5 heteroatoms. The lowest BCUT2D eigenvalue weighted by Crippen LogP contribution is -2.58. The Labute approximate surface area is 261 Å². The minimum atomic E-state index is -3.27. The number of carbonyl (C=O) groups is 1. The van der Waals surface area contributed by atoms with E-state index in [1.807, 2.05) is 48.5 Å². The van der Waals surface area contributed by atoms with Gasteiger partial charge in [-0.15, -0.1) is 0 Å². The van der Waals surface area contributed by atoms with E-state index < -0.39 is 30.7 Å². The smallest absolute Gasteiger partial charge is 0.320 e. The first-order valence-electron chi connectivity index (χ1n) is 18.4. The molecule has 0 aliphatic carbocycles. The molecule has 0 aromatic heterocycles. The van der Waals surface area contributed by atoms with Crippen molar-refractivity contribution in [2.75, 3.05) is 13.1 Å². The highest BCUT2D eigenvalue weighted by molar-refractivity contribution is 5.73. The van der Waals surface area contributed by atoms with Crippen molar-refractivity contribution in [3.63, 3.8) is 0 Å². The van der Waals surface area contributed by atoms with E-state index in [1.54, 1.807) is 0 Å². The first-order valence-corrected chi connectivity index (χ1v) is 16.4. The molecule has 0 amide bonds. The van der Waals surface area contributed by atoms with Gasteiger partial charge in [0.2, 0.25) is 0 Å². The average Bonchev–Trinajstić information content (AvgIpc) is 3.00. The van der Waals surface area contributed by atoms with E-state index in [0.717, 1.165) is 36.8 Å². The topological polar surface area (TPSA) is 89.8 Å². The third-order valence-corrected chi connectivity index (χ3v) is 8.29. The van der Waals surface area contributed by atoms with Crippen molar-refractivity contribution in [1.82, 2.24) is 5.32 Å². The number of aliphatic carboxylic acids is 1. The lowest BCUT2D eigenvalue weighted by atomic mass is 9.90. The van der Waals surface area contributed by atoms with E-state index >= 15 is 0 Å². The molecule has 0 aliphatic rings. The van der Waals surface area contributed by atoms with Crippen molar-refractivity contribution in [3.8, 4) is 0 Å². The Bertz CT molecular complexity index is 1100. The monoisotopic (exact) mass is 585 g/mol. The minimum absolute atomic E-state index is 0.0210. The zero-order valence-corrected chi connectivity index (χ0v) is 26.2. The highest BCUT2D eigenvalue weighted by Gasteiger charge is 2.33. The van der Waals surface area contributed by atoms with E-state index in [9.17, 15) is 20.1 Å². The SMILES string of the molecule is [2H]C([2H])(O)C(CCc1ccc(CCCCCCCC)cc1)(NC(CCc1ccc(CCCCCCCC)cc1)C(=O)O)C([2H])([2H])O. The van der Waals surface area contributed by atoms with Gasteiger partial charge in [-0.3, -0.25) is 10.1 Å². The third kappa shape index (κ3) is 14.3. The van der Waals surface area contributed by atoms with Crippen LogP contribution in [0.4, 0.5) is 0 Å². The summed E-state index contributed by atoms with van der Waals surface area (Å²) in [5, 5.41) is 33.8. The number of hydrogen-bond acceptors (Lipinski definition) is 4. The number of aryl methyl sites for hydroxylation is 4. The molecule has 0 spiro atoms. The molecule has 0 fully saturated rings. The van der Waals surface area contributed by atoms with Gasteiger partial charge < -0.3 is 15.3 Å². The van der Waals surface area contributed by atoms with Gasteiger partial charge in [0.15, 0.2) is 0 Å². The van der Waals surface area contributed by atoms with Crippen molar-refractivity contribution in [3.05, 3.63) is 70.8 Å². The number of hydrogen-bond donors (Lipinski definition) is 4. The van der Waals surface area contributed by atoms with Crippen LogP contribution in [0.3, 0.4) is 0 Å². The van der Waals surface area contributed by atoms with Gasteiger partial charge in [-0.2, -0.15) is 0 Å². The molecule has 2 rings (SSSR count). The molecule has 0 radical (unpaired) electrons. The van der Waals surface area contributed by atoms with E-state index in [-0.39, 0.29) is 19.3 Å². The zero-order valence-electron chi connectivity index (χ0n) is 30.2. The molecule has 0 aliphatic heterocycles. The Balaban J connectivity index is 2.05. The van der Waals surface area contributed by atoms with Gasteiger partial charge in [-0.25, -0.2) is 0 Å². The van der Waals surface area contributed by atoms with Crippen LogP contribution in [0.2, 0.25) is 0 Å². The van der Waals surface area contributed by atoms with Crippen molar-refractivity contribution in [2.24, 2.45) is 0 Å². The Kier molecular flexibility index (Phi) is 15.3. The number of nitrogens with one attached hydrogen (secondary N) is 1. The first-order chi connectivity index (χ1) is 21.8. The fourth-order valence-electron chi connectivity index (χ4n) is 5.44. The quantitative estimate of drug-likeness (QED) is 0.0892. The summed E-state index contributed by atoms with van der Waals surface area (Å²) in [6, 6.07) is 14.4. The second kappa shape index (κ2) is 21.5. The summed E-state index contributed by atoms with van der Waals surface area (Å²) in [6.07, 6.45) is 16.7. The van der Waals surface area contributed by atoms with Gasteiger partial charge in [-0.05, 0) is 73.6 Å². The fourth-order valence-corrected chi connectivity index (χ4v) is 5.44. The van der Waals surface area contributed by atoms with Gasteiger partial charge in [0.05, 0.1) is 24.1 Å². The van der Waals surface area contributed by atoms with Crippen molar-refractivity contribution >= 4 is 5.97 Å². The maximum absolute atomic E-state index is 12.3. The van der Waals surface area contributed by atoms with Crippen LogP contribution in [0.25, 0.3) is 0 Å². The normalized spacial score (nSPS) is 14.6. The lowest BCUT2D eigenvalue weighted by Gasteiger charge is -2.34. The summed E-state index contributed by atoms with van der Waals surface area (Å²) < 4.78 is 32.6. The second-order valence-corrected chi connectivity index (χ2v) is 11.9. The number of unbranched alkanes of at least 4 members (excludes halogenated alkanes) is 10. The van der Waals surface area contributed by atoms with Crippen molar-refractivity contribution in [1.29, 1.82) is 0 Å². The highest BCUT2D eigenvalue weighted by Crippen LogP contribution is 2.19. The lowest BCUT2D eigenvalue weighted by molar-refractivity contribution is -0.140. The minimum Gasteiger partial charge on any atom is -0.480 e. The van der Waals surface area contributed by atoms with Gasteiger partial charge in [0.25, 0.3) is 0 Å². The largest absolute Gasteiger partial charge is 0.480 e. The van der Waals surface area contributed by atoms with Crippen LogP contribution < -0.4 is 5.32 Å². The molecule has 0 bridgehead atoms. The molecule has 0 heterocycles.